The van der Waals surface area contributed by atoms with E-state index in [1.165, 1.54) is 16.7 Å². The maximum absolute atomic E-state index is 4.03. The number of hydrogen-bond acceptors (Lipinski definition) is 2. The van der Waals surface area contributed by atoms with Gasteiger partial charge in [-0.25, -0.2) is 0 Å². The monoisotopic (exact) mass is 254 g/mol. The van der Waals surface area contributed by atoms with Gasteiger partial charge in [-0.2, -0.15) is 0 Å². The Hall–Kier alpha value is -1.67. The van der Waals surface area contributed by atoms with Crippen LogP contribution in [0.2, 0.25) is 0 Å². The fourth-order valence-electron chi connectivity index (χ4n) is 2.06. The van der Waals surface area contributed by atoms with E-state index in [0.29, 0.717) is 12.0 Å². The number of nitrogens with one attached hydrogen (secondary N) is 1. The van der Waals surface area contributed by atoms with Crippen molar-refractivity contribution in [3.8, 4) is 0 Å². The summed E-state index contributed by atoms with van der Waals surface area (Å²) in [7, 11) is 0. The van der Waals surface area contributed by atoms with Crippen LogP contribution in [0.1, 0.15) is 49.4 Å². The van der Waals surface area contributed by atoms with Crippen molar-refractivity contribution >= 4 is 0 Å². The van der Waals surface area contributed by atoms with Gasteiger partial charge in [-0.15, -0.1) is 0 Å². The van der Waals surface area contributed by atoms with Crippen LogP contribution in [-0.4, -0.2) is 4.98 Å². The van der Waals surface area contributed by atoms with E-state index in [0.717, 1.165) is 6.54 Å². The Morgan fingerprint density at radius 1 is 0.895 bits per heavy atom. The number of aromatic nitrogens is 1. The molecule has 0 bridgehead atoms. The predicted molar refractivity (Wildman–Crippen MR) is 80.0 cm³/mol. The molecule has 1 N–H and O–H groups in total. The minimum absolute atomic E-state index is 0.356. The highest BCUT2D eigenvalue weighted by Gasteiger charge is 2.05. The molecule has 1 atom stereocenters. The Bertz CT molecular complexity index is 488. The molecule has 1 aromatic carbocycles. The molecule has 0 aliphatic heterocycles. The summed E-state index contributed by atoms with van der Waals surface area (Å²) < 4.78 is 0. The fourth-order valence-corrected chi connectivity index (χ4v) is 2.06. The second-order valence-corrected chi connectivity index (χ2v) is 5.28. The van der Waals surface area contributed by atoms with Crippen molar-refractivity contribution in [1.82, 2.24) is 10.3 Å². The molecule has 0 aliphatic rings. The lowest BCUT2D eigenvalue weighted by Gasteiger charge is -2.15. The highest BCUT2D eigenvalue weighted by Crippen LogP contribution is 2.18. The van der Waals surface area contributed by atoms with Gasteiger partial charge in [-0.05, 0) is 41.7 Å². The fraction of sp³-hybridized carbons (Fsp3) is 0.353. The second kappa shape index (κ2) is 6.48. The second-order valence-electron chi connectivity index (χ2n) is 5.28. The van der Waals surface area contributed by atoms with E-state index in [2.05, 4.69) is 55.3 Å². The van der Waals surface area contributed by atoms with E-state index >= 15 is 0 Å². The van der Waals surface area contributed by atoms with Crippen LogP contribution >= 0.6 is 0 Å². The highest BCUT2D eigenvalue weighted by atomic mass is 14.9. The summed E-state index contributed by atoms with van der Waals surface area (Å²) in [4.78, 5) is 4.03. The maximum atomic E-state index is 4.03. The zero-order valence-corrected chi connectivity index (χ0v) is 11.9. The largest absolute Gasteiger partial charge is 0.306 e. The lowest BCUT2D eigenvalue weighted by Crippen LogP contribution is -2.18. The average Bonchev–Trinajstić information content (AvgIpc) is 2.46. The Morgan fingerprint density at radius 3 is 2.05 bits per heavy atom. The first-order valence-corrected chi connectivity index (χ1v) is 6.89. The number of hydrogen-bond donors (Lipinski definition) is 1. The van der Waals surface area contributed by atoms with Crippen molar-refractivity contribution in [2.24, 2.45) is 0 Å². The highest BCUT2D eigenvalue weighted by molar-refractivity contribution is 5.26. The number of rotatable bonds is 5. The van der Waals surface area contributed by atoms with Gasteiger partial charge in [0.1, 0.15) is 0 Å². The van der Waals surface area contributed by atoms with Crippen LogP contribution in [0.4, 0.5) is 0 Å². The quantitative estimate of drug-likeness (QED) is 0.870. The standard InChI is InChI=1S/C17H22N2/c1-13(2)16-4-6-17(7-5-16)14(3)19-12-15-8-10-18-11-9-15/h4-11,13-14,19H,12H2,1-3H3. The van der Waals surface area contributed by atoms with Crippen molar-refractivity contribution in [2.45, 2.75) is 39.3 Å². The first-order chi connectivity index (χ1) is 9.16. The van der Waals surface area contributed by atoms with Crippen LogP contribution in [-0.2, 0) is 6.54 Å². The summed E-state index contributed by atoms with van der Waals surface area (Å²) in [5, 5.41) is 3.54. The molecule has 0 amide bonds. The SMILES string of the molecule is CC(C)c1ccc(C(C)NCc2ccncc2)cc1. The maximum Gasteiger partial charge on any atom is 0.0294 e. The summed E-state index contributed by atoms with van der Waals surface area (Å²) in [5.74, 6) is 0.592. The van der Waals surface area contributed by atoms with Gasteiger partial charge in [-0.3, -0.25) is 4.98 Å². The van der Waals surface area contributed by atoms with Gasteiger partial charge in [0.05, 0.1) is 0 Å². The van der Waals surface area contributed by atoms with Gasteiger partial charge in [0.15, 0.2) is 0 Å². The van der Waals surface area contributed by atoms with E-state index in [1.54, 1.807) is 0 Å². The van der Waals surface area contributed by atoms with Crippen molar-refractivity contribution < 1.29 is 0 Å². The van der Waals surface area contributed by atoms with Gasteiger partial charge < -0.3 is 5.32 Å². The van der Waals surface area contributed by atoms with E-state index < -0.39 is 0 Å². The van der Waals surface area contributed by atoms with Crippen LogP contribution in [0, 0.1) is 0 Å². The smallest absolute Gasteiger partial charge is 0.0294 e. The molecular weight excluding hydrogens is 232 g/mol. The molecule has 1 heterocycles. The summed E-state index contributed by atoms with van der Waals surface area (Å²) in [6.07, 6.45) is 3.66. The topological polar surface area (TPSA) is 24.9 Å². The van der Waals surface area contributed by atoms with Crippen LogP contribution in [0.5, 0.6) is 0 Å². The first-order valence-electron chi connectivity index (χ1n) is 6.89. The molecule has 1 unspecified atom stereocenters. The Labute approximate surface area is 115 Å². The molecule has 0 saturated carbocycles. The normalized spacial score (nSPS) is 12.6. The van der Waals surface area contributed by atoms with Gasteiger partial charge in [0, 0.05) is 25.0 Å². The zero-order valence-electron chi connectivity index (χ0n) is 11.9. The van der Waals surface area contributed by atoms with Crippen molar-refractivity contribution in [3.05, 3.63) is 65.5 Å². The molecule has 2 aromatic rings. The molecule has 0 aliphatic carbocycles. The zero-order chi connectivity index (χ0) is 13.7. The third kappa shape index (κ3) is 3.90. The Morgan fingerprint density at radius 2 is 1.47 bits per heavy atom. The molecule has 0 radical (unpaired) electrons. The molecular formula is C17H22N2. The molecule has 0 fully saturated rings. The van der Waals surface area contributed by atoms with E-state index in [4.69, 9.17) is 0 Å². The third-order valence-electron chi connectivity index (χ3n) is 3.46. The van der Waals surface area contributed by atoms with Gasteiger partial charge in [-0.1, -0.05) is 38.1 Å². The van der Waals surface area contributed by atoms with Crippen LogP contribution in [0.15, 0.2) is 48.8 Å². The van der Waals surface area contributed by atoms with Crippen LogP contribution in [0.25, 0.3) is 0 Å². The van der Waals surface area contributed by atoms with E-state index in [9.17, 15) is 0 Å². The average molecular weight is 254 g/mol. The lowest BCUT2D eigenvalue weighted by molar-refractivity contribution is 0.574. The molecule has 1 aromatic heterocycles. The number of benzene rings is 1. The van der Waals surface area contributed by atoms with Crippen molar-refractivity contribution in [1.29, 1.82) is 0 Å². The van der Waals surface area contributed by atoms with Gasteiger partial charge in [0.25, 0.3) is 0 Å². The first kappa shape index (κ1) is 13.8. The molecule has 100 valence electrons. The molecule has 0 saturated heterocycles. The summed E-state index contributed by atoms with van der Waals surface area (Å²) >= 11 is 0. The number of nitrogens with zero attached hydrogens (tertiary/aromatic N) is 1. The lowest BCUT2D eigenvalue weighted by atomic mass is 9.99. The Balaban J connectivity index is 1.94. The summed E-state index contributed by atoms with van der Waals surface area (Å²) in [5.41, 5.74) is 3.99. The molecule has 2 nitrogen and oxygen atoms in total. The van der Waals surface area contributed by atoms with Crippen molar-refractivity contribution in [2.75, 3.05) is 0 Å². The molecule has 2 heteroatoms. The number of pyridine rings is 1. The predicted octanol–water partition coefficient (Wildman–Crippen LogP) is 4.06. The van der Waals surface area contributed by atoms with Crippen LogP contribution in [0.3, 0.4) is 0 Å². The van der Waals surface area contributed by atoms with E-state index in [-0.39, 0.29) is 0 Å². The molecule has 19 heavy (non-hydrogen) atoms. The van der Waals surface area contributed by atoms with Gasteiger partial charge in [0.2, 0.25) is 0 Å². The van der Waals surface area contributed by atoms with Crippen LogP contribution < -0.4 is 5.32 Å². The summed E-state index contributed by atoms with van der Waals surface area (Å²) in [6.45, 7) is 7.52. The molecule has 2 rings (SSSR count). The van der Waals surface area contributed by atoms with Crippen molar-refractivity contribution in [3.63, 3.8) is 0 Å². The van der Waals surface area contributed by atoms with E-state index in [1.807, 2.05) is 24.5 Å². The minimum atomic E-state index is 0.356. The molecule has 0 spiro atoms. The Kier molecular flexibility index (Phi) is 4.69. The minimum Gasteiger partial charge on any atom is -0.306 e. The third-order valence-corrected chi connectivity index (χ3v) is 3.46. The van der Waals surface area contributed by atoms with Gasteiger partial charge >= 0.3 is 0 Å². The summed E-state index contributed by atoms with van der Waals surface area (Å²) in [6, 6.07) is 13.3.